The van der Waals surface area contributed by atoms with E-state index >= 15 is 0 Å². The van der Waals surface area contributed by atoms with E-state index in [1.54, 1.807) is 13.0 Å². The quantitative estimate of drug-likeness (QED) is 0.898. The van der Waals surface area contributed by atoms with Crippen LogP contribution in [0.25, 0.3) is 0 Å². The van der Waals surface area contributed by atoms with Gasteiger partial charge >= 0.3 is 0 Å². The van der Waals surface area contributed by atoms with Crippen molar-refractivity contribution in [3.05, 3.63) is 17.7 Å². The molecule has 118 valence electrons. The van der Waals surface area contributed by atoms with Crippen LogP contribution in [0.3, 0.4) is 0 Å². The predicted octanol–water partition coefficient (Wildman–Crippen LogP) is 0.995. The third-order valence-corrected chi connectivity index (χ3v) is 5.86. The summed E-state index contributed by atoms with van der Waals surface area (Å²) in [6.45, 7) is 5.46. The minimum atomic E-state index is -3.54. The van der Waals surface area contributed by atoms with Crippen LogP contribution in [0.5, 0.6) is 11.5 Å². The molecule has 21 heavy (non-hydrogen) atoms. The molecule has 0 bridgehead atoms. The number of nitrogens with one attached hydrogen (secondary N) is 1. The number of ether oxygens (including phenoxy) is 2. The minimum Gasteiger partial charge on any atom is -0.493 e. The summed E-state index contributed by atoms with van der Waals surface area (Å²) in [5.41, 5.74) is 0.651. The molecule has 0 aromatic heterocycles. The van der Waals surface area contributed by atoms with Crippen LogP contribution < -0.4 is 14.8 Å². The highest BCUT2D eigenvalue weighted by molar-refractivity contribution is 7.89. The fraction of sp³-hybridized carbons (Fsp3) is 0.571. The van der Waals surface area contributed by atoms with Crippen molar-refractivity contribution in [1.29, 1.82) is 0 Å². The topological polar surface area (TPSA) is 67.9 Å². The average molecular weight is 314 g/mol. The van der Waals surface area contributed by atoms with Crippen molar-refractivity contribution in [2.75, 3.05) is 33.9 Å². The zero-order chi connectivity index (χ0) is 15.6. The zero-order valence-corrected chi connectivity index (χ0v) is 13.7. The van der Waals surface area contributed by atoms with Crippen molar-refractivity contribution >= 4 is 10.0 Å². The smallest absolute Gasteiger partial charge is 0.243 e. The van der Waals surface area contributed by atoms with E-state index in [9.17, 15) is 8.42 Å². The van der Waals surface area contributed by atoms with Crippen LogP contribution in [-0.4, -0.2) is 52.6 Å². The van der Waals surface area contributed by atoms with Crippen LogP contribution in [0.4, 0.5) is 0 Å². The second kappa shape index (κ2) is 6.21. The standard InChI is InChI=1S/C14H22N2O4S/c1-10-7-12(19-3)13(20-4)8-14(10)21(17,18)16-6-5-15-9-11(16)2/h7-8,11,15H,5-6,9H2,1-4H3/t11-/m0/s1. The van der Waals surface area contributed by atoms with Crippen LogP contribution in [0.15, 0.2) is 17.0 Å². The lowest BCUT2D eigenvalue weighted by Gasteiger charge is -2.33. The van der Waals surface area contributed by atoms with Gasteiger partial charge in [0.05, 0.1) is 19.1 Å². The van der Waals surface area contributed by atoms with Gasteiger partial charge in [0.2, 0.25) is 10.0 Å². The largest absolute Gasteiger partial charge is 0.493 e. The van der Waals surface area contributed by atoms with Gasteiger partial charge in [-0.1, -0.05) is 0 Å². The molecule has 0 aliphatic carbocycles. The summed E-state index contributed by atoms with van der Waals surface area (Å²) in [4.78, 5) is 0.272. The summed E-state index contributed by atoms with van der Waals surface area (Å²) >= 11 is 0. The van der Waals surface area contributed by atoms with Gasteiger partial charge in [-0.25, -0.2) is 8.42 Å². The average Bonchev–Trinajstić information content (AvgIpc) is 2.46. The zero-order valence-electron chi connectivity index (χ0n) is 12.8. The normalized spacial score (nSPS) is 20.3. The van der Waals surface area contributed by atoms with Crippen LogP contribution in [0, 0.1) is 6.92 Å². The molecule has 6 nitrogen and oxygen atoms in total. The van der Waals surface area contributed by atoms with Gasteiger partial charge in [-0.3, -0.25) is 0 Å². The second-order valence-electron chi connectivity index (χ2n) is 5.14. The number of hydrogen-bond acceptors (Lipinski definition) is 5. The Kier molecular flexibility index (Phi) is 4.75. The van der Waals surface area contributed by atoms with Gasteiger partial charge in [-0.15, -0.1) is 0 Å². The molecule has 0 radical (unpaired) electrons. The van der Waals surface area contributed by atoms with E-state index < -0.39 is 10.0 Å². The first kappa shape index (κ1) is 16.1. The lowest BCUT2D eigenvalue weighted by molar-refractivity contribution is 0.283. The number of methoxy groups -OCH3 is 2. The first-order valence-electron chi connectivity index (χ1n) is 6.87. The predicted molar refractivity (Wildman–Crippen MR) is 80.5 cm³/mol. The molecule has 1 aromatic carbocycles. The van der Waals surface area contributed by atoms with Crippen molar-refractivity contribution in [3.8, 4) is 11.5 Å². The van der Waals surface area contributed by atoms with E-state index in [4.69, 9.17) is 9.47 Å². The van der Waals surface area contributed by atoms with Crippen LogP contribution in [0.1, 0.15) is 12.5 Å². The highest BCUT2D eigenvalue weighted by Gasteiger charge is 2.32. The van der Waals surface area contributed by atoms with Crippen molar-refractivity contribution < 1.29 is 17.9 Å². The van der Waals surface area contributed by atoms with Crippen LogP contribution in [-0.2, 0) is 10.0 Å². The summed E-state index contributed by atoms with van der Waals surface area (Å²) in [6, 6.07) is 3.16. The number of nitrogens with zero attached hydrogens (tertiary/aromatic N) is 1. The summed E-state index contributed by atoms with van der Waals surface area (Å²) in [7, 11) is -0.513. The molecular formula is C14H22N2O4S. The third kappa shape index (κ3) is 3.00. The molecular weight excluding hydrogens is 292 g/mol. The molecule has 1 fully saturated rings. The highest BCUT2D eigenvalue weighted by Crippen LogP contribution is 2.34. The Bertz CT molecular complexity index is 616. The molecule has 1 atom stereocenters. The Morgan fingerprint density at radius 3 is 2.43 bits per heavy atom. The van der Waals surface area contributed by atoms with E-state index in [0.29, 0.717) is 36.7 Å². The number of piperazine rings is 1. The molecule has 0 spiro atoms. The van der Waals surface area contributed by atoms with E-state index in [0.717, 1.165) is 0 Å². The van der Waals surface area contributed by atoms with Gasteiger partial charge in [-0.2, -0.15) is 4.31 Å². The van der Waals surface area contributed by atoms with E-state index in [2.05, 4.69) is 5.32 Å². The molecule has 0 saturated carbocycles. The number of benzene rings is 1. The molecule has 0 unspecified atom stereocenters. The summed E-state index contributed by atoms with van der Waals surface area (Å²) in [5.74, 6) is 0.951. The van der Waals surface area contributed by atoms with E-state index in [-0.39, 0.29) is 10.9 Å². The van der Waals surface area contributed by atoms with Crippen molar-refractivity contribution in [2.45, 2.75) is 24.8 Å². The lowest BCUT2D eigenvalue weighted by atomic mass is 10.2. The molecule has 7 heteroatoms. The number of sulfonamides is 1. The maximum atomic E-state index is 12.9. The SMILES string of the molecule is COc1cc(C)c(S(=O)(=O)N2CCNC[C@@H]2C)cc1OC. The molecule has 1 saturated heterocycles. The lowest BCUT2D eigenvalue weighted by Crippen LogP contribution is -2.52. The minimum absolute atomic E-state index is 0.0729. The van der Waals surface area contributed by atoms with Crippen LogP contribution in [0.2, 0.25) is 0 Å². The van der Waals surface area contributed by atoms with Gasteiger partial charge in [-0.05, 0) is 25.5 Å². The Labute approximate surface area is 126 Å². The monoisotopic (exact) mass is 314 g/mol. The van der Waals surface area contributed by atoms with E-state index in [1.807, 2.05) is 6.92 Å². The second-order valence-corrected chi connectivity index (χ2v) is 7.00. The first-order valence-corrected chi connectivity index (χ1v) is 8.31. The van der Waals surface area contributed by atoms with Gasteiger partial charge in [0, 0.05) is 31.7 Å². The Morgan fingerprint density at radius 2 is 1.86 bits per heavy atom. The molecule has 2 rings (SSSR count). The molecule has 1 N–H and O–H groups in total. The van der Waals surface area contributed by atoms with Gasteiger partial charge in [0.25, 0.3) is 0 Å². The number of rotatable bonds is 4. The molecule has 1 aliphatic rings. The van der Waals surface area contributed by atoms with Crippen molar-refractivity contribution in [3.63, 3.8) is 0 Å². The molecule has 1 aromatic rings. The Balaban J connectivity index is 2.49. The fourth-order valence-corrected chi connectivity index (χ4v) is 4.40. The fourth-order valence-electron chi connectivity index (χ4n) is 2.55. The van der Waals surface area contributed by atoms with Gasteiger partial charge in [0.1, 0.15) is 0 Å². The summed E-state index contributed by atoms with van der Waals surface area (Å²) in [6.07, 6.45) is 0. The van der Waals surface area contributed by atoms with Gasteiger partial charge < -0.3 is 14.8 Å². The number of aryl methyl sites for hydroxylation is 1. The van der Waals surface area contributed by atoms with Crippen LogP contribution >= 0.6 is 0 Å². The number of hydrogen-bond donors (Lipinski definition) is 1. The molecule has 1 aliphatic heterocycles. The molecule has 0 amide bonds. The Morgan fingerprint density at radius 1 is 1.24 bits per heavy atom. The molecule has 1 heterocycles. The summed E-state index contributed by atoms with van der Waals surface area (Å²) in [5, 5.41) is 3.19. The first-order chi connectivity index (χ1) is 9.91. The third-order valence-electron chi connectivity index (χ3n) is 3.71. The maximum Gasteiger partial charge on any atom is 0.243 e. The Hall–Kier alpha value is -1.31. The summed E-state index contributed by atoms with van der Waals surface area (Å²) < 4.78 is 37.7. The van der Waals surface area contributed by atoms with Crippen molar-refractivity contribution in [1.82, 2.24) is 9.62 Å². The van der Waals surface area contributed by atoms with E-state index in [1.165, 1.54) is 24.6 Å². The maximum absolute atomic E-state index is 12.9. The van der Waals surface area contributed by atoms with Gasteiger partial charge in [0.15, 0.2) is 11.5 Å². The van der Waals surface area contributed by atoms with Crippen molar-refractivity contribution in [2.24, 2.45) is 0 Å². The highest BCUT2D eigenvalue weighted by atomic mass is 32.2.